The van der Waals surface area contributed by atoms with E-state index in [2.05, 4.69) is 82.3 Å². The van der Waals surface area contributed by atoms with Crippen LogP contribution in [0.25, 0.3) is 0 Å². The Morgan fingerprint density at radius 3 is 2.20 bits per heavy atom. The molecule has 0 aromatic heterocycles. The van der Waals surface area contributed by atoms with Gasteiger partial charge in [-0.25, -0.2) is 0 Å². The van der Waals surface area contributed by atoms with Crippen LogP contribution < -0.4 is 0 Å². The number of aldehydes is 1. The summed E-state index contributed by atoms with van der Waals surface area (Å²) in [6, 6.07) is 20.6. The van der Waals surface area contributed by atoms with Gasteiger partial charge in [-0.3, -0.25) is 0 Å². The van der Waals surface area contributed by atoms with E-state index >= 15 is 0 Å². The number of fused-ring (bicyclic) bond motifs is 1. The van der Waals surface area contributed by atoms with Crippen LogP contribution in [0, 0.1) is 35.0 Å². The molecule has 0 unspecified atom stereocenters. The molecular formula is C32H40O3. The lowest BCUT2D eigenvalue weighted by molar-refractivity contribution is -0.137. The summed E-state index contributed by atoms with van der Waals surface area (Å²) in [6.45, 7) is 10.7. The minimum absolute atomic E-state index is 0.0761. The number of rotatable bonds is 9. The number of hydrogen-bond donors (Lipinski definition) is 0. The summed E-state index contributed by atoms with van der Waals surface area (Å²) in [4.78, 5) is 12.7. The molecule has 0 aliphatic heterocycles. The molecule has 2 aliphatic rings. The third-order valence-electron chi connectivity index (χ3n) is 8.29. The van der Waals surface area contributed by atoms with Crippen molar-refractivity contribution in [2.75, 3.05) is 6.61 Å². The van der Waals surface area contributed by atoms with E-state index in [-0.39, 0.29) is 23.9 Å². The van der Waals surface area contributed by atoms with E-state index in [0.29, 0.717) is 31.7 Å². The minimum Gasteiger partial charge on any atom is -0.373 e. The van der Waals surface area contributed by atoms with Crippen LogP contribution in [0.3, 0.4) is 0 Å². The van der Waals surface area contributed by atoms with Gasteiger partial charge in [0.05, 0.1) is 25.9 Å². The quantitative estimate of drug-likeness (QED) is 0.223. The number of ether oxygens (including phenoxy) is 2. The molecule has 7 atom stereocenters. The second kappa shape index (κ2) is 11.5. The van der Waals surface area contributed by atoms with Crippen molar-refractivity contribution < 1.29 is 14.3 Å². The van der Waals surface area contributed by atoms with Crippen LogP contribution in [0.5, 0.6) is 0 Å². The zero-order chi connectivity index (χ0) is 24.8. The predicted molar refractivity (Wildman–Crippen MR) is 142 cm³/mol. The number of carbonyl (C=O) groups excluding carboxylic acids is 1. The van der Waals surface area contributed by atoms with Gasteiger partial charge in [0.2, 0.25) is 0 Å². The summed E-state index contributed by atoms with van der Waals surface area (Å²) in [5.41, 5.74) is 3.10. The monoisotopic (exact) mass is 472 g/mol. The van der Waals surface area contributed by atoms with E-state index < -0.39 is 5.41 Å². The van der Waals surface area contributed by atoms with Crippen LogP contribution >= 0.6 is 0 Å². The Morgan fingerprint density at radius 1 is 0.943 bits per heavy atom. The standard InChI is InChI=1S/C32H40O3/c1-23(17-18-34-20-26-11-7-5-8-12-26)29-16-15-28-30(32(29,4)22-33)24(2)19-25(3)31(28)35-21-27-13-9-6-10-14-27/h5-17,22,24-25,28-31H,18-21H2,1-4H3/b23-17+/t24-,25-,28-,29-,30+,31+,32+/m0/s1. The average Bonchev–Trinajstić information content (AvgIpc) is 2.87. The summed E-state index contributed by atoms with van der Waals surface area (Å²) < 4.78 is 12.5. The van der Waals surface area contributed by atoms with Crippen LogP contribution in [0.1, 0.15) is 45.2 Å². The van der Waals surface area contributed by atoms with Crippen molar-refractivity contribution in [3.8, 4) is 0 Å². The van der Waals surface area contributed by atoms with Crippen LogP contribution in [-0.2, 0) is 27.5 Å². The minimum atomic E-state index is -0.465. The Hall–Kier alpha value is -2.49. The first-order valence-electron chi connectivity index (χ1n) is 13.0. The second-order valence-corrected chi connectivity index (χ2v) is 10.8. The van der Waals surface area contributed by atoms with Gasteiger partial charge in [-0.15, -0.1) is 0 Å². The number of allylic oxidation sites excluding steroid dienone is 2. The van der Waals surface area contributed by atoms with E-state index in [4.69, 9.17) is 9.47 Å². The number of benzene rings is 2. The van der Waals surface area contributed by atoms with E-state index in [0.717, 1.165) is 6.42 Å². The molecule has 2 aliphatic carbocycles. The lowest BCUT2D eigenvalue weighted by Gasteiger charge is -2.54. The maximum Gasteiger partial charge on any atom is 0.127 e. The average molecular weight is 473 g/mol. The van der Waals surface area contributed by atoms with Crippen LogP contribution in [-0.4, -0.2) is 19.0 Å². The highest BCUT2D eigenvalue weighted by Crippen LogP contribution is 2.55. The first kappa shape index (κ1) is 25.6. The fraction of sp³-hybridized carbons (Fsp3) is 0.469. The number of carbonyl (C=O) groups is 1. The molecule has 4 rings (SSSR count). The maximum absolute atomic E-state index is 12.7. The van der Waals surface area contributed by atoms with Crippen molar-refractivity contribution in [1.82, 2.24) is 0 Å². The summed E-state index contributed by atoms with van der Waals surface area (Å²) >= 11 is 0. The van der Waals surface area contributed by atoms with E-state index in [1.54, 1.807) is 0 Å². The molecule has 0 bridgehead atoms. The molecule has 35 heavy (non-hydrogen) atoms. The Kier molecular flexibility index (Phi) is 8.41. The largest absolute Gasteiger partial charge is 0.373 e. The van der Waals surface area contributed by atoms with Crippen molar-refractivity contribution >= 4 is 6.29 Å². The fourth-order valence-corrected chi connectivity index (χ4v) is 6.65. The van der Waals surface area contributed by atoms with Gasteiger partial charge in [-0.05, 0) is 42.2 Å². The summed E-state index contributed by atoms with van der Waals surface area (Å²) in [5, 5.41) is 0. The van der Waals surface area contributed by atoms with Gasteiger partial charge < -0.3 is 14.3 Å². The third kappa shape index (κ3) is 5.68. The highest BCUT2D eigenvalue weighted by Gasteiger charge is 2.54. The highest BCUT2D eigenvalue weighted by molar-refractivity contribution is 5.63. The van der Waals surface area contributed by atoms with Gasteiger partial charge >= 0.3 is 0 Å². The maximum atomic E-state index is 12.7. The normalized spacial score (nSPS) is 32.7. The smallest absolute Gasteiger partial charge is 0.127 e. The van der Waals surface area contributed by atoms with E-state index in [1.165, 1.54) is 23.0 Å². The summed E-state index contributed by atoms with van der Waals surface area (Å²) in [5.74, 6) is 1.48. The SMILES string of the molecule is C/C(=C\COCc1ccccc1)[C@@H]1C=C[C@@H]2[C@H](OCc3ccccc3)[C@@H](C)C[C@H](C)[C@H]2[C@]1(C)C=O. The lowest BCUT2D eigenvalue weighted by atomic mass is 9.51. The van der Waals surface area contributed by atoms with Gasteiger partial charge in [-0.1, -0.05) is 105 Å². The molecule has 3 nitrogen and oxygen atoms in total. The molecule has 2 aromatic carbocycles. The molecule has 2 aromatic rings. The molecule has 0 amide bonds. The van der Waals surface area contributed by atoms with Gasteiger partial charge in [0.25, 0.3) is 0 Å². The molecule has 0 N–H and O–H groups in total. The molecule has 1 saturated carbocycles. The van der Waals surface area contributed by atoms with Crippen molar-refractivity contribution in [2.45, 2.75) is 53.4 Å². The molecule has 3 heteroatoms. The highest BCUT2D eigenvalue weighted by atomic mass is 16.5. The summed E-state index contributed by atoms with van der Waals surface area (Å²) in [6.07, 6.45) is 9.19. The molecule has 186 valence electrons. The molecule has 0 heterocycles. The van der Waals surface area contributed by atoms with E-state index in [1.807, 2.05) is 24.3 Å². The molecular weight excluding hydrogens is 432 g/mol. The lowest BCUT2D eigenvalue weighted by Crippen LogP contribution is -2.54. The Bertz CT molecular complexity index is 1010. The van der Waals surface area contributed by atoms with Gasteiger partial charge in [0.1, 0.15) is 6.29 Å². The first-order valence-corrected chi connectivity index (χ1v) is 13.0. The van der Waals surface area contributed by atoms with Crippen molar-refractivity contribution in [1.29, 1.82) is 0 Å². The topological polar surface area (TPSA) is 35.5 Å². The third-order valence-corrected chi connectivity index (χ3v) is 8.29. The zero-order valence-corrected chi connectivity index (χ0v) is 21.6. The Morgan fingerprint density at radius 2 is 1.57 bits per heavy atom. The predicted octanol–water partition coefficient (Wildman–Crippen LogP) is 7.03. The van der Waals surface area contributed by atoms with Gasteiger partial charge in [-0.2, -0.15) is 0 Å². The Labute approximate surface area is 211 Å². The van der Waals surface area contributed by atoms with Crippen molar-refractivity contribution in [2.24, 2.45) is 35.0 Å². The van der Waals surface area contributed by atoms with E-state index in [9.17, 15) is 4.79 Å². The van der Waals surface area contributed by atoms with Crippen LogP contribution in [0.4, 0.5) is 0 Å². The van der Waals surface area contributed by atoms with Crippen LogP contribution in [0.15, 0.2) is 84.5 Å². The van der Waals surface area contributed by atoms with Crippen LogP contribution in [0.2, 0.25) is 0 Å². The molecule has 1 fully saturated rings. The zero-order valence-electron chi connectivity index (χ0n) is 21.6. The van der Waals surface area contributed by atoms with Gasteiger partial charge in [0, 0.05) is 17.3 Å². The Balaban J connectivity index is 1.49. The molecule has 0 spiro atoms. The first-order chi connectivity index (χ1) is 16.9. The van der Waals surface area contributed by atoms with Crippen molar-refractivity contribution in [3.63, 3.8) is 0 Å². The number of hydrogen-bond acceptors (Lipinski definition) is 3. The molecule has 0 radical (unpaired) electrons. The summed E-state index contributed by atoms with van der Waals surface area (Å²) in [7, 11) is 0. The molecule has 0 saturated heterocycles. The second-order valence-electron chi connectivity index (χ2n) is 10.8. The fourth-order valence-electron chi connectivity index (χ4n) is 6.65. The van der Waals surface area contributed by atoms with Gasteiger partial charge in [0.15, 0.2) is 0 Å². The van der Waals surface area contributed by atoms with Crippen molar-refractivity contribution in [3.05, 3.63) is 95.6 Å².